The molecule has 0 unspecified atom stereocenters. The molecule has 0 aromatic heterocycles. The normalized spacial score (nSPS) is 11.8. The zero-order valence-corrected chi connectivity index (χ0v) is 14.2. The number of aliphatic carboxylic acids is 1. The molecule has 0 saturated heterocycles. The lowest BCUT2D eigenvalue weighted by atomic mass is 9.94. The van der Waals surface area contributed by atoms with E-state index in [-0.39, 0.29) is 23.5 Å². The molecule has 0 bridgehead atoms. The van der Waals surface area contributed by atoms with Gasteiger partial charge in [-0.15, -0.1) is 0 Å². The summed E-state index contributed by atoms with van der Waals surface area (Å²) in [5.74, 6) is -1.61. The predicted octanol–water partition coefficient (Wildman–Crippen LogP) is 1.68. The number of rotatable bonds is 8. The zero-order chi connectivity index (χ0) is 17.7. The van der Waals surface area contributed by atoms with Gasteiger partial charge in [0.2, 0.25) is 10.0 Å². The molecule has 0 fully saturated rings. The van der Waals surface area contributed by atoms with Crippen LogP contribution in [-0.2, 0) is 14.8 Å². The van der Waals surface area contributed by atoms with Gasteiger partial charge in [0, 0.05) is 6.54 Å². The van der Waals surface area contributed by atoms with Gasteiger partial charge in [0.15, 0.2) is 0 Å². The summed E-state index contributed by atoms with van der Waals surface area (Å²) in [5.41, 5.74) is -0.799. The van der Waals surface area contributed by atoms with Gasteiger partial charge in [0.25, 0.3) is 5.91 Å². The maximum absolute atomic E-state index is 12.2. The van der Waals surface area contributed by atoms with E-state index >= 15 is 0 Å². The number of amides is 1. The van der Waals surface area contributed by atoms with Crippen LogP contribution in [0.25, 0.3) is 0 Å². The lowest BCUT2D eigenvalue weighted by Crippen LogP contribution is -2.39. The van der Waals surface area contributed by atoms with Gasteiger partial charge < -0.3 is 10.4 Å². The van der Waals surface area contributed by atoms with Crippen LogP contribution in [-0.4, -0.2) is 37.7 Å². The van der Waals surface area contributed by atoms with Crippen LogP contribution >= 0.6 is 0 Å². The van der Waals surface area contributed by atoms with Crippen LogP contribution in [0.4, 0.5) is 5.69 Å². The second kappa shape index (κ2) is 7.45. The maximum atomic E-state index is 12.2. The monoisotopic (exact) mass is 342 g/mol. The van der Waals surface area contributed by atoms with Gasteiger partial charge in [0.1, 0.15) is 0 Å². The molecule has 1 rings (SSSR count). The van der Waals surface area contributed by atoms with Crippen LogP contribution in [0.15, 0.2) is 24.3 Å². The van der Waals surface area contributed by atoms with E-state index < -0.39 is 27.3 Å². The Balaban J connectivity index is 2.92. The Morgan fingerprint density at radius 1 is 1.22 bits per heavy atom. The summed E-state index contributed by atoms with van der Waals surface area (Å²) in [6, 6.07) is 6.19. The van der Waals surface area contributed by atoms with E-state index in [1.54, 1.807) is 19.1 Å². The predicted molar refractivity (Wildman–Crippen MR) is 87.9 cm³/mol. The number of carbonyl (C=O) groups is 2. The van der Waals surface area contributed by atoms with E-state index in [2.05, 4.69) is 10.0 Å². The molecule has 0 heterocycles. The van der Waals surface area contributed by atoms with Crippen molar-refractivity contribution in [3.8, 4) is 0 Å². The number of nitrogens with one attached hydrogen (secondary N) is 2. The fraction of sp³-hybridized carbons (Fsp3) is 0.467. The Morgan fingerprint density at radius 3 is 2.39 bits per heavy atom. The van der Waals surface area contributed by atoms with Crippen molar-refractivity contribution in [2.75, 3.05) is 17.0 Å². The molecular weight excluding hydrogens is 320 g/mol. The van der Waals surface area contributed by atoms with Gasteiger partial charge in [-0.25, -0.2) is 8.42 Å². The highest BCUT2D eigenvalue weighted by atomic mass is 32.2. The second-order valence-corrected chi connectivity index (χ2v) is 7.68. The van der Waals surface area contributed by atoms with E-state index in [9.17, 15) is 18.0 Å². The molecular formula is C15H22N2O5S. The number of para-hydroxylation sites is 1. The molecule has 0 radical (unpaired) electrons. The number of carboxylic acids is 1. The number of carboxylic acid groups (broad SMARTS) is 1. The summed E-state index contributed by atoms with van der Waals surface area (Å²) in [4.78, 5) is 23.3. The molecule has 1 amide bonds. The fourth-order valence-electron chi connectivity index (χ4n) is 1.73. The van der Waals surface area contributed by atoms with Gasteiger partial charge in [-0.3, -0.25) is 14.3 Å². The smallest absolute Gasteiger partial charge is 0.310 e. The first-order valence-corrected chi connectivity index (χ1v) is 8.85. The minimum Gasteiger partial charge on any atom is -0.481 e. The van der Waals surface area contributed by atoms with Crippen molar-refractivity contribution in [1.29, 1.82) is 0 Å². The Labute approximate surface area is 136 Å². The molecule has 1 aromatic rings. The average Bonchev–Trinajstić information content (AvgIpc) is 2.44. The number of hydrogen-bond donors (Lipinski definition) is 3. The molecule has 1 aromatic carbocycles. The highest BCUT2D eigenvalue weighted by Gasteiger charge is 2.28. The highest BCUT2D eigenvalue weighted by molar-refractivity contribution is 7.92. The lowest BCUT2D eigenvalue weighted by molar-refractivity contribution is -0.146. The number of anilines is 1. The van der Waals surface area contributed by atoms with Crippen molar-refractivity contribution in [3.63, 3.8) is 0 Å². The third kappa shape index (κ3) is 5.55. The third-order valence-electron chi connectivity index (χ3n) is 3.18. The Morgan fingerprint density at radius 2 is 1.83 bits per heavy atom. The first-order chi connectivity index (χ1) is 10.6. The summed E-state index contributed by atoms with van der Waals surface area (Å²) in [6.07, 6.45) is 0.455. The SMILES string of the molecule is CCCS(=O)(=O)Nc1ccccc1C(=O)NCC(C)(C)C(=O)O. The van der Waals surface area contributed by atoms with E-state index in [0.29, 0.717) is 6.42 Å². The summed E-state index contributed by atoms with van der Waals surface area (Å²) in [7, 11) is -3.52. The van der Waals surface area contributed by atoms with E-state index in [1.165, 1.54) is 26.0 Å². The molecule has 0 aliphatic carbocycles. The average molecular weight is 342 g/mol. The van der Waals surface area contributed by atoms with E-state index in [4.69, 9.17) is 5.11 Å². The van der Waals surface area contributed by atoms with Gasteiger partial charge in [-0.1, -0.05) is 19.1 Å². The van der Waals surface area contributed by atoms with Crippen LogP contribution in [0, 0.1) is 5.41 Å². The minimum absolute atomic E-state index is 0.0466. The Kier molecular flexibility index (Phi) is 6.14. The van der Waals surface area contributed by atoms with Crippen molar-refractivity contribution in [1.82, 2.24) is 5.32 Å². The number of hydrogen-bond acceptors (Lipinski definition) is 4. The number of benzene rings is 1. The zero-order valence-electron chi connectivity index (χ0n) is 13.4. The molecule has 0 aliphatic heterocycles. The molecule has 8 heteroatoms. The second-order valence-electron chi connectivity index (χ2n) is 5.84. The Bertz CT molecular complexity index is 683. The topological polar surface area (TPSA) is 113 Å². The fourth-order valence-corrected chi connectivity index (χ4v) is 2.88. The molecule has 7 nitrogen and oxygen atoms in total. The Hall–Kier alpha value is -2.09. The van der Waals surface area contributed by atoms with Crippen molar-refractivity contribution < 1.29 is 23.1 Å². The van der Waals surface area contributed by atoms with Crippen LogP contribution in [0.5, 0.6) is 0 Å². The number of carbonyl (C=O) groups excluding carboxylic acids is 1. The molecule has 0 saturated carbocycles. The quantitative estimate of drug-likeness (QED) is 0.665. The molecule has 0 spiro atoms. The van der Waals surface area contributed by atoms with Crippen molar-refractivity contribution in [3.05, 3.63) is 29.8 Å². The number of sulfonamides is 1. The molecule has 0 aliphatic rings. The minimum atomic E-state index is -3.52. The molecule has 0 atom stereocenters. The highest BCUT2D eigenvalue weighted by Crippen LogP contribution is 2.18. The molecule has 128 valence electrons. The summed E-state index contributed by atoms with van der Waals surface area (Å²) in [5, 5.41) is 11.6. The van der Waals surface area contributed by atoms with Crippen molar-refractivity contribution in [2.45, 2.75) is 27.2 Å². The standard InChI is InChI=1S/C15H22N2O5S/c1-4-9-23(21,22)17-12-8-6-5-7-11(12)13(18)16-10-15(2,3)14(19)20/h5-8,17H,4,9-10H2,1-3H3,(H,16,18)(H,19,20). The van der Waals surface area contributed by atoms with Gasteiger partial charge in [0.05, 0.1) is 22.4 Å². The summed E-state index contributed by atoms with van der Waals surface area (Å²) < 4.78 is 26.1. The largest absolute Gasteiger partial charge is 0.481 e. The third-order valence-corrected chi connectivity index (χ3v) is 4.66. The van der Waals surface area contributed by atoms with Crippen LogP contribution < -0.4 is 10.0 Å². The lowest BCUT2D eigenvalue weighted by Gasteiger charge is -2.20. The van der Waals surface area contributed by atoms with Crippen LogP contribution in [0.2, 0.25) is 0 Å². The van der Waals surface area contributed by atoms with Crippen molar-refractivity contribution >= 4 is 27.6 Å². The van der Waals surface area contributed by atoms with Crippen LogP contribution in [0.1, 0.15) is 37.6 Å². The van der Waals surface area contributed by atoms with E-state index in [0.717, 1.165) is 0 Å². The summed E-state index contributed by atoms with van der Waals surface area (Å²) >= 11 is 0. The molecule has 23 heavy (non-hydrogen) atoms. The maximum Gasteiger partial charge on any atom is 0.310 e. The van der Waals surface area contributed by atoms with Crippen LogP contribution in [0.3, 0.4) is 0 Å². The summed E-state index contributed by atoms with van der Waals surface area (Å²) in [6.45, 7) is 4.65. The van der Waals surface area contributed by atoms with Gasteiger partial charge >= 0.3 is 5.97 Å². The molecule has 3 N–H and O–H groups in total. The van der Waals surface area contributed by atoms with Crippen molar-refractivity contribution in [2.24, 2.45) is 5.41 Å². The first-order valence-electron chi connectivity index (χ1n) is 7.20. The van der Waals surface area contributed by atoms with Gasteiger partial charge in [-0.2, -0.15) is 0 Å². The first kappa shape index (κ1) is 19.0. The van der Waals surface area contributed by atoms with E-state index in [1.807, 2.05) is 0 Å². The van der Waals surface area contributed by atoms with Gasteiger partial charge in [-0.05, 0) is 32.4 Å².